The van der Waals surface area contributed by atoms with E-state index >= 15 is 0 Å². The van der Waals surface area contributed by atoms with E-state index in [4.69, 9.17) is 9.15 Å². The van der Waals surface area contributed by atoms with E-state index in [1.54, 1.807) is 60.7 Å². The van der Waals surface area contributed by atoms with Crippen LogP contribution in [0, 0.1) is 6.92 Å². The van der Waals surface area contributed by atoms with Gasteiger partial charge in [0.05, 0.1) is 30.3 Å². The minimum Gasteiger partial charge on any atom is -0.496 e. The van der Waals surface area contributed by atoms with Gasteiger partial charge in [0.1, 0.15) is 11.3 Å². The number of nitrogens with zero attached hydrogens (tertiary/aromatic N) is 1. The van der Waals surface area contributed by atoms with Gasteiger partial charge in [0, 0.05) is 23.2 Å². The Bertz CT molecular complexity index is 1550. The molecule has 4 aromatic rings. The number of carbonyl (C=O) groups is 3. The second-order valence-electron chi connectivity index (χ2n) is 8.19. The van der Waals surface area contributed by atoms with Crippen LogP contribution in [0.4, 0.5) is 5.69 Å². The molecule has 0 atom stereocenters. The molecule has 0 bridgehead atoms. The predicted octanol–water partition coefficient (Wildman–Crippen LogP) is 4.16. The highest BCUT2D eigenvalue weighted by atomic mass is 16.5. The molecule has 2 heterocycles. The number of fused-ring (bicyclic) bond motifs is 2. The van der Waals surface area contributed by atoms with Crippen LogP contribution in [0.3, 0.4) is 0 Å². The Kier molecular flexibility index (Phi) is 5.41. The Hall–Kier alpha value is -4.72. The Labute approximate surface area is 199 Å². The van der Waals surface area contributed by atoms with Gasteiger partial charge < -0.3 is 14.5 Å². The van der Waals surface area contributed by atoms with Gasteiger partial charge >= 0.3 is 5.63 Å². The van der Waals surface area contributed by atoms with Crippen molar-refractivity contribution in [3.05, 3.63) is 105 Å². The number of imide groups is 1. The summed E-state index contributed by atoms with van der Waals surface area (Å²) in [4.78, 5) is 51.4. The summed E-state index contributed by atoms with van der Waals surface area (Å²) < 4.78 is 10.6. The van der Waals surface area contributed by atoms with Gasteiger partial charge in [-0.25, -0.2) is 4.79 Å². The number of benzene rings is 3. The van der Waals surface area contributed by atoms with E-state index < -0.39 is 11.5 Å². The first-order chi connectivity index (χ1) is 16.9. The molecule has 0 saturated heterocycles. The van der Waals surface area contributed by atoms with E-state index in [0.29, 0.717) is 33.7 Å². The van der Waals surface area contributed by atoms with Crippen molar-refractivity contribution in [3.8, 4) is 5.75 Å². The Morgan fingerprint density at radius 1 is 0.943 bits per heavy atom. The number of hydrogen-bond donors (Lipinski definition) is 1. The molecular weight excluding hydrogens is 448 g/mol. The van der Waals surface area contributed by atoms with Crippen molar-refractivity contribution in [2.45, 2.75) is 13.5 Å². The van der Waals surface area contributed by atoms with Crippen LogP contribution in [0.25, 0.3) is 11.0 Å². The molecule has 0 fully saturated rings. The summed E-state index contributed by atoms with van der Waals surface area (Å²) in [6.45, 7) is 1.82. The third kappa shape index (κ3) is 3.95. The Morgan fingerprint density at radius 2 is 1.66 bits per heavy atom. The summed E-state index contributed by atoms with van der Waals surface area (Å²) in [5.41, 5.74) is 2.64. The van der Waals surface area contributed by atoms with Crippen LogP contribution in [-0.2, 0) is 6.54 Å². The second-order valence-corrected chi connectivity index (χ2v) is 8.19. The lowest BCUT2D eigenvalue weighted by Crippen LogP contribution is -2.29. The molecule has 3 amide bonds. The molecule has 174 valence electrons. The quantitative estimate of drug-likeness (QED) is 0.348. The first-order valence-electron chi connectivity index (χ1n) is 10.8. The number of amides is 3. The number of aryl methyl sites for hydroxylation is 1. The Balaban J connectivity index is 1.42. The fraction of sp³-hybridized carbons (Fsp3) is 0.111. The highest BCUT2D eigenvalue weighted by molar-refractivity contribution is 6.21. The number of anilines is 1. The summed E-state index contributed by atoms with van der Waals surface area (Å²) in [6, 6.07) is 18.0. The van der Waals surface area contributed by atoms with Gasteiger partial charge in [-0.1, -0.05) is 18.2 Å². The maximum absolute atomic E-state index is 13.1. The van der Waals surface area contributed by atoms with Crippen LogP contribution < -0.4 is 15.7 Å². The normalized spacial score (nSPS) is 12.7. The van der Waals surface area contributed by atoms with E-state index in [9.17, 15) is 19.2 Å². The van der Waals surface area contributed by atoms with Crippen LogP contribution in [0.2, 0.25) is 0 Å². The van der Waals surface area contributed by atoms with Gasteiger partial charge in [0.25, 0.3) is 17.7 Å². The lowest BCUT2D eigenvalue weighted by atomic mass is 10.1. The van der Waals surface area contributed by atoms with Gasteiger partial charge in [-0.15, -0.1) is 0 Å². The molecule has 0 saturated carbocycles. The average Bonchev–Trinajstić information content (AvgIpc) is 3.08. The lowest BCUT2D eigenvalue weighted by molar-refractivity contribution is 0.0642. The van der Waals surface area contributed by atoms with Crippen LogP contribution in [-0.4, -0.2) is 29.7 Å². The zero-order chi connectivity index (χ0) is 24.7. The third-order valence-corrected chi connectivity index (χ3v) is 5.94. The summed E-state index contributed by atoms with van der Waals surface area (Å²) in [5, 5.41) is 3.55. The highest BCUT2D eigenvalue weighted by Gasteiger charge is 2.35. The highest BCUT2D eigenvalue weighted by Crippen LogP contribution is 2.27. The summed E-state index contributed by atoms with van der Waals surface area (Å²) in [5.74, 6) is -0.877. The zero-order valence-corrected chi connectivity index (χ0v) is 19.0. The maximum atomic E-state index is 13.1. The molecule has 1 aliphatic heterocycles. The third-order valence-electron chi connectivity index (χ3n) is 5.94. The van der Waals surface area contributed by atoms with Crippen LogP contribution in [0.5, 0.6) is 5.75 Å². The number of hydrogen-bond acceptors (Lipinski definition) is 6. The van der Waals surface area contributed by atoms with Crippen LogP contribution in [0.1, 0.15) is 42.2 Å². The van der Waals surface area contributed by atoms with Gasteiger partial charge in [-0.05, 0) is 54.4 Å². The number of rotatable bonds is 5. The summed E-state index contributed by atoms with van der Waals surface area (Å²) in [7, 11) is 1.45. The molecule has 1 aromatic heterocycles. The fourth-order valence-corrected chi connectivity index (χ4v) is 4.20. The largest absolute Gasteiger partial charge is 0.496 e. The molecule has 8 heteroatoms. The second kappa shape index (κ2) is 8.57. The van der Waals surface area contributed by atoms with Gasteiger partial charge in [0.15, 0.2) is 0 Å². The molecule has 1 aliphatic rings. The fourth-order valence-electron chi connectivity index (χ4n) is 4.20. The van der Waals surface area contributed by atoms with Gasteiger partial charge in [-0.3, -0.25) is 19.3 Å². The summed E-state index contributed by atoms with van der Waals surface area (Å²) >= 11 is 0. The molecule has 1 N–H and O–H groups in total. The topological polar surface area (TPSA) is 106 Å². The molecule has 3 aromatic carbocycles. The van der Waals surface area contributed by atoms with E-state index in [2.05, 4.69) is 5.32 Å². The molecule has 5 rings (SSSR count). The molecule has 0 spiro atoms. The van der Waals surface area contributed by atoms with Crippen molar-refractivity contribution >= 4 is 34.4 Å². The van der Waals surface area contributed by atoms with Crippen LogP contribution in [0.15, 0.2) is 75.9 Å². The average molecular weight is 468 g/mol. The summed E-state index contributed by atoms with van der Waals surface area (Å²) in [6.07, 6.45) is 0. The number of carbonyl (C=O) groups excluding carboxylic acids is 3. The van der Waals surface area contributed by atoms with E-state index in [-0.39, 0.29) is 23.9 Å². The standard InChI is InChI=1S/C27H20N2O6/c1-15-11-24(30)35-23-13-17(8-9-18(15)23)28-25(31)21-12-16(7-10-22(21)34-2)14-29-26(32)19-5-3-4-6-20(19)27(29)33/h3-13H,14H2,1-2H3,(H,28,31). The minimum absolute atomic E-state index is 0.0109. The SMILES string of the molecule is COc1ccc(CN2C(=O)c3ccccc3C2=O)cc1C(=O)Nc1ccc2c(C)cc(=O)oc2c1. The molecule has 8 nitrogen and oxygen atoms in total. The van der Waals surface area contributed by atoms with Crippen molar-refractivity contribution in [2.75, 3.05) is 12.4 Å². The van der Waals surface area contributed by atoms with Crippen molar-refractivity contribution in [1.82, 2.24) is 4.90 Å². The number of nitrogens with one attached hydrogen (secondary N) is 1. The van der Waals surface area contributed by atoms with Crippen molar-refractivity contribution in [3.63, 3.8) is 0 Å². The predicted molar refractivity (Wildman–Crippen MR) is 129 cm³/mol. The minimum atomic E-state index is -0.471. The smallest absolute Gasteiger partial charge is 0.336 e. The van der Waals surface area contributed by atoms with Crippen molar-refractivity contribution < 1.29 is 23.5 Å². The monoisotopic (exact) mass is 468 g/mol. The molecule has 0 unspecified atom stereocenters. The van der Waals surface area contributed by atoms with E-state index in [0.717, 1.165) is 15.8 Å². The maximum Gasteiger partial charge on any atom is 0.336 e. The Morgan fingerprint density at radius 3 is 2.34 bits per heavy atom. The first kappa shape index (κ1) is 22.1. The molecule has 0 aliphatic carbocycles. The number of ether oxygens (including phenoxy) is 1. The van der Waals surface area contributed by atoms with Crippen LogP contribution >= 0.6 is 0 Å². The van der Waals surface area contributed by atoms with Gasteiger partial charge in [-0.2, -0.15) is 0 Å². The number of methoxy groups -OCH3 is 1. The lowest BCUT2D eigenvalue weighted by Gasteiger charge is -2.16. The molecule has 35 heavy (non-hydrogen) atoms. The molecule has 0 radical (unpaired) electrons. The van der Waals surface area contributed by atoms with Crippen molar-refractivity contribution in [2.24, 2.45) is 0 Å². The van der Waals surface area contributed by atoms with E-state index in [1.165, 1.54) is 13.2 Å². The molecular formula is C27H20N2O6. The van der Waals surface area contributed by atoms with Gasteiger partial charge in [0.2, 0.25) is 0 Å². The zero-order valence-electron chi connectivity index (χ0n) is 19.0. The van der Waals surface area contributed by atoms with Crippen molar-refractivity contribution in [1.29, 1.82) is 0 Å². The first-order valence-corrected chi connectivity index (χ1v) is 10.8. The van der Waals surface area contributed by atoms with E-state index in [1.807, 2.05) is 6.92 Å².